The van der Waals surface area contributed by atoms with E-state index in [9.17, 15) is 4.39 Å². The Bertz CT molecular complexity index is 543. The largest absolute Gasteiger partial charge is 0.411 e. The first-order valence-electron chi connectivity index (χ1n) is 5.57. The van der Waals surface area contributed by atoms with E-state index in [0.717, 1.165) is 23.9 Å². The molecular formula is C13H13FN3O+. The van der Waals surface area contributed by atoms with Gasteiger partial charge in [-0.05, 0) is 31.0 Å². The van der Waals surface area contributed by atoms with Gasteiger partial charge in [0.2, 0.25) is 0 Å². The number of aromatic nitrogens is 2. The molecule has 4 nitrogen and oxygen atoms in total. The Hall–Kier alpha value is -2.30. The molecule has 0 radical (unpaired) electrons. The number of pyridine rings is 2. The minimum atomic E-state index is -0.496. The zero-order chi connectivity index (χ0) is 12.8. The molecule has 2 heterocycles. The summed E-state index contributed by atoms with van der Waals surface area (Å²) in [5.41, 5.74) is 1.96. The Balaban J connectivity index is 2.08. The van der Waals surface area contributed by atoms with Crippen molar-refractivity contribution in [3.63, 3.8) is 0 Å². The van der Waals surface area contributed by atoms with E-state index in [0.29, 0.717) is 6.42 Å². The number of nitrogens with zero attached hydrogens (tertiary/aromatic N) is 2. The van der Waals surface area contributed by atoms with Gasteiger partial charge in [0, 0.05) is 17.3 Å². The van der Waals surface area contributed by atoms with Gasteiger partial charge >= 0.3 is 0 Å². The molecule has 0 bridgehead atoms. The van der Waals surface area contributed by atoms with Crippen LogP contribution >= 0.6 is 0 Å². The number of hydrogen-bond donors (Lipinski definition) is 1. The maximum atomic E-state index is 13.2. The number of hydrogen-bond acceptors (Lipinski definition) is 3. The maximum absolute atomic E-state index is 13.2. The van der Waals surface area contributed by atoms with Gasteiger partial charge in [-0.25, -0.2) is 14.4 Å². The van der Waals surface area contributed by atoms with E-state index in [-0.39, 0.29) is 5.69 Å². The molecule has 0 aliphatic carbocycles. The van der Waals surface area contributed by atoms with Crippen LogP contribution in [0.5, 0.6) is 0 Å². The molecule has 0 spiro atoms. The molecule has 0 aliphatic heterocycles. The van der Waals surface area contributed by atoms with Crippen LogP contribution in [0.1, 0.15) is 17.0 Å². The first-order chi connectivity index (χ1) is 8.79. The number of oxime groups is 1. The number of nitrogens with one attached hydrogen (secondary N) is 1. The van der Waals surface area contributed by atoms with Crippen LogP contribution in [0.15, 0.2) is 41.8 Å². The standard InChI is InChI=1S/C13H12FN3O/c14-12-6-5-11(17-13(12)9-16-18)4-3-10-2-1-7-15-8-10/h1-2,5-9,18H,3-4H2/p+1/b16-9-. The molecule has 2 N–H and O–H groups in total. The molecule has 18 heavy (non-hydrogen) atoms. The molecule has 2 aromatic rings. The van der Waals surface area contributed by atoms with Crippen LogP contribution in [0.3, 0.4) is 0 Å². The van der Waals surface area contributed by atoms with Gasteiger partial charge in [0.1, 0.15) is 5.69 Å². The summed E-state index contributed by atoms with van der Waals surface area (Å²) >= 11 is 0. The monoisotopic (exact) mass is 246 g/mol. The number of aromatic amines is 1. The van der Waals surface area contributed by atoms with E-state index in [2.05, 4.69) is 15.1 Å². The van der Waals surface area contributed by atoms with Crippen LogP contribution < -0.4 is 4.98 Å². The maximum Gasteiger partial charge on any atom is 0.170 e. The molecule has 5 heteroatoms. The van der Waals surface area contributed by atoms with E-state index >= 15 is 0 Å². The molecule has 0 unspecified atom stereocenters. The fourth-order valence-corrected chi connectivity index (χ4v) is 1.64. The van der Waals surface area contributed by atoms with Gasteiger partial charge in [-0.3, -0.25) is 0 Å². The van der Waals surface area contributed by atoms with Crippen LogP contribution in [0, 0.1) is 5.82 Å². The van der Waals surface area contributed by atoms with Crippen molar-refractivity contribution in [2.45, 2.75) is 12.8 Å². The molecule has 0 fully saturated rings. The normalized spacial score (nSPS) is 10.9. The van der Waals surface area contributed by atoms with Crippen molar-refractivity contribution in [3.8, 4) is 0 Å². The predicted octanol–water partition coefficient (Wildman–Crippen LogP) is 1.63. The molecule has 0 saturated heterocycles. The Labute approximate surface area is 104 Å². The van der Waals surface area contributed by atoms with E-state index in [1.165, 1.54) is 6.07 Å². The average Bonchev–Trinajstić information content (AvgIpc) is 2.41. The van der Waals surface area contributed by atoms with Crippen LogP contribution in [0.2, 0.25) is 0 Å². The Morgan fingerprint density at radius 3 is 2.94 bits per heavy atom. The highest BCUT2D eigenvalue weighted by Gasteiger charge is 2.04. The van der Waals surface area contributed by atoms with Crippen LogP contribution in [-0.4, -0.2) is 16.4 Å². The molecular weight excluding hydrogens is 233 g/mol. The first-order valence-corrected chi connectivity index (χ1v) is 5.57. The van der Waals surface area contributed by atoms with Crippen molar-refractivity contribution in [3.05, 3.63) is 59.4 Å². The van der Waals surface area contributed by atoms with E-state index in [1.807, 2.05) is 24.5 Å². The van der Waals surface area contributed by atoms with Crippen LogP contribution in [0.4, 0.5) is 4.39 Å². The SMILES string of the molecule is O/N=C\c1nc(CCc2ccc[nH+]c2)ccc1F. The Morgan fingerprint density at radius 1 is 1.33 bits per heavy atom. The van der Waals surface area contributed by atoms with Crippen molar-refractivity contribution in [1.29, 1.82) is 0 Å². The number of rotatable bonds is 4. The lowest BCUT2D eigenvalue weighted by Gasteiger charge is -2.02. The van der Waals surface area contributed by atoms with Gasteiger partial charge in [0.05, 0.1) is 6.21 Å². The van der Waals surface area contributed by atoms with Crippen molar-refractivity contribution >= 4 is 6.21 Å². The third-order valence-electron chi connectivity index (χ3n) is 2.55. The summed E-state index contributed by atoms with van der Waals surface area (Å²) < 4.78 is 13.2. The second kappa shape index (κ2) is 5.86. The highest BCUT2D eigenvalue weighted by Crippen LogP contribution is 2.07. The zero-order valence-electron chi connectivity index (χ0n) is 9.68. The smallest absolute Gasteiger partial charge is 0.170 e. The summed E-state index contributed by atoms with van der Waals surface area (Å²) in [6.45, 7) is 0. The van der Waals surface area contributed by atoms with Crippen molar-refractivity contribution in [1.82, 2.24) is 4.98 Å². The molecule has 0 aromatic carbocycles. The van der Waals surface area contributed by atoms with Gasteiger partial charge in [0.25, 0.3) is 0 Å². The summed E-state index contributed by atoms with van der Waals surface area (Å²) in [6.07, 6.45) is 6.26. The first kappa shape index (κ1) is 12.2. The quantitative estimate of drug-likeness (QED) is 0.506. The number of halogens is 1. The summed E-state index contributed by atoms with van der Waals surface area (Å²) in [5, 5.41) is 11.2. The molecule has 2 rings (SSSR count). The Kier molecular flexibility index (Phi) is 3.96. The highest BCUT2D eigenvalue weighted by atomic mass is 19.1. The van der Waals surface area contributed by atoms with Crippen molar-refractivity contribution in [2.24, 2.45) is 5.16 Å². The van der Waals surface area contributed by atoms with Gasteiger partial charge in [-0.2, -0.15) is 0 Å². The number of aryl methyl sites for hydroxylation is 2. The topological polar surface area (TPSA) is 59.6 Å². The van der Waals surface area contributed by atoms with Gasteiger partial charge in [0.15, 0.2) is 18.2 Å². The van der Waals surface area contributed by atoms with Crippen molar-refractivity contribution < 1.29 is 14.6 Å². The fraction of sp³-hybridized carbons (Fsp3) is 0.154. The lowest BCUT2D eigenvalue weighted by Crippen LogP contribution is -2.04. The second-order valence-corrected chi connectivity index (χ2v) is 3.83. The summed E-state index contributed by atoms with van der Waals surface area (Å²) in [6, 6.07) is 6.90. The summed E-state index contributed by atoms with van der Waals surface area (Å²) in [7, 11) is 0. The third kappa shape index (κ3) is 3.10. The second-order valence-electron chi connectivity index (χ2n) is 3.83. The highest BCUT2D eigenvalue weighted by molar-refractivity contribution is 5.76. The third-order valence-corrected chi connectivity index (χ3v) is 2.55. The van der Waals surface area contributed by atoms with Crippen molar-refractivity contribution in [2.75, 3.05) is 0 Å². The lowest BCUT2D eigenvalue weighted by molar-refractivity contribution is -0.378. The molecule has 92 valence electrons. The number of H-pyrrole nitrogens is 1. The van der Waals surface area contributed by atoms with E-state index in [1.54, 1.807) is 6.07 Å². The Morgan fingerprint density at radius 2 is 2.22 bits per heavy atom. The average molecular weight is 246 g/mol. The van der Waals surface area contributed by atoms with Gasteiger partial charge < -0.3 is 5.21 Å². The fourth-order valence-electron chi connectivity index (χ4n) is 1.64. The van der Waals surface area contributed by atoms with E-state index < -0.39 is 5.82 Å². The molecule has 0 aliphatic rings. The van der Waals surface area contributed by atoms with E-state index in [4.69, 9.17) is 5.21 Å². The summed E-state index contributed by atoms with van der Waals surface area (Å²) in [5.74, 6) is -0.496. The molecule has 0 atom stereocenters. The zero-order valence-corrected chi connectivity index (χ0v) is 9.68. The minimum Gasteiger partial charge on any atom is -0.411 e. The van der Waals surface area contributed by atoms with Gasteiger partial charge in [-0.15, -0.1) is 0 Å². The molecule has 0 saturated carbocycles. The van der Waals surface area contributed by atoms with Gasteiger partial charge in [-0.1, -0.05) is 5.16 Å². The lowest BCUT2D eigenvalue weighted by atomic mass is 10.1. The predicted molar refractivity (Wildman–Crippen MR) is 64.0 cm³/mol. The minimum absolute atomic E-state index is 0.0506. The van der Waals surface area contributed by atoms with Crippen LogP contribution in [-0.2, 0) is 12.8 Å². The summed E-state index contributed by atoms with van der Waals surface area (Å²) in [4.78, 5) is 7.09. The molecule has 0 amide bonds. The van der Waals surface area contributed by atoms with Crippen LogP contribution in [0.25, 0.3) is 0 Å². The molecule has 2 aromatic heterocycles.